The van der Waals surface area contributed by atoms with E-state index in [-0.39, 0.29) is 11.8 Å². The van der Waals surface area contributed by atoms with E-state index in [2.05, 4.69) is 15.7 Å². The molecule has 0 spiro atoms. The topological polar surface area (TPSA) is 79.3 Å². The lowest BCUT2D eigenvalue weighted by molar-refractivity contribution is -0.126. The molecule has 2 fully saturated rings. The van der Waals surface area contributed by atoms with E-state index in [4.69, 9.17) is 0 Å². The van der Waals surface area contributed by atoms with Crippen LogP contribution in [0.1, 0.15) is 35.9 Å². The van der Waals surface area contributed by atoms with Crippen molar-refractivity contribution in [2.45, 2.75) is 45.3 Å². The number of carbonyl (C=O) groups is 2. The molecule has 2 amide bonds. The standard InChI is InChI=1S/C15H23N5O2/c1-3-20-10(2)8-12(18-20)15(22)19-7-6-16-9-13(19)14(21)17-11-4-5-11/h8,11,13,16H,3-7,9H2,1-2H3,(H,17,21)/t13-/m1/s1. The van der Waals surface area contributed by atoms with Crippen molar-refractivity contribution in [3.63, 3.8) is 0 Å². The van der Waals surface area contributed by atoms with Gasteiger partial charge in [0.15, 0.2) is 5.69 Å². The van der Waals surface area contributed by atoms with Gasteiger partial charge in [0.2, 0.25) is 5.91 Å². The molecule has 120 valence electrons. The Labute approximate surface area is 130 Å². The highest BCUT2D eigenvalue weighted by Crippen LogP contribution is 2.20. The Balaban J connectivity index is 1.76. The SMILES string of the molecule is CCn1nc(C(=O)N2CCNC[C@@H]2C(=O)NC2CC2)cc1C. The second kappa shape index (κ2) is 6.08. The normalized spacial score (nSPS) is 21.7. The Kier molecular flexibility index (Phi) is 4.15. The molecule has 0 radical (unpaired) electrons. The van der Waals surface area contributed by atoms with Gasteiger partial charge in [0.1, 0.15) is 6.04 Å². The van der Waals surface area contributed by atoms with Crippen LogP contribution in [0, 0.1) is 6.92 Å². The Morgan fingerprint density at radius 1 is 1.45 bits per heavy atom. The van der Waals surface area contributed by atoms with Crippen molar-refractivity contribution < 1.29 is 9.59 Å². The van der Waals surface area contributed by atoms with E-state index in [1.165, 1.54) is 0 Å². The van der Waals surface area contributed by atoms with Gasteiger partial charge in [-0.15, -0.1) is 0 Å². The molecule has 1 aromatic heterocycles. The molecule has 1 atom stereocenters. The molecule has 0 aromatic carbocycles. The molecular formula is C15H23N5O2. The summed E-state index contributed by atoms with van der Waals surface area (Å²) in [7, 11) is 0. The fourth-order valence-electron chi connectivity index (χ4n) is 2.79. The van der Waals surface area contributed by atoms with Crippen LogP contribution < -0.4 is 10.6 Å². The van der Waals surface area contributed by atoms with Crippen molar-refractivity contribution in [3.8, 4) is 0 Å². The highest BCUT2D eigenvalue weighted by Gasteiger charge is 2.36. The van der Waals surface area contributed by atoms with Crippen LogP contribution in [0.25, 0.3) is 0 Å². The van der Waals surface area contributed by atoms with E-state index >= 15 is 0 Å². The quantitative estimate of drug-likeness (QED) is 0.814. The average Bonchev–Trinajstić information content (AvgIpc) is 3.26. The van der Waals surface area contributed by atoms with Crippen molar-refractivity contribution in [1.29, 1.82) is 0 Å². The maximum Gasteiger partial charge on any atom is 0.275 e. The molecule has 22 heavy (non-hydrogen) atoms. The van der Waals surface area contributed by atoms with Crippen LogP contribution in [-0.2, 0) is 11.3 Å². The molecule has 7 heteroatoms. The number of nitrogens with one attached hydrogen (secondary N) is 2. The van der Waals surface area contributed by atoms with Crippen LogP contribution in [0.2, 0.25) is 0 Å². The Morgan fingerprint density at radius 2 is 2.23 bits per heavy atom. The number of hydrogen-bond donors (Lipinski definition) is 2. The van der Waals surface area contributed by atoms with E-state index in [1.807, 2.05) is 13.8 Å². The minimum absolute atomic E-state index is 0.0605. The fraction of sp³-hybridized carbons (Fsp3) is 0.667. The largest absolute Gasteiger partial charge is 0.352 e. The summed E-state index contributed by atoms with van der Waals surface area (Å²) < 4.78 is 1.80. The fourth-order valence-corrected chi connectivity index (χ4v) is 2.79. The lowest BCUT2D eigenvalue weighted by Crippen LogP contribution is -2.59. The summed E-state index contributed by atoms with van der Waals surface area (Å²) >= 11 is 0. The summed E-state index contributed by atoms with van der Waals surface area (Å²) in [4.78, 5) is 26.7. The smallest absolute Gasteiger partial charge is 0.275 e. The summed E-state index contributed by atoms with van der Waals surface area (Å²) in [5.74, 6) is -0.220. The van der Waals surface area contributed by atoms with Gasteiger partial charge in [-0.25, -0.2) is 0 Å². The van der Waals surface area contributed by atoms with E-state index in [0.717, 1.165) is 25.1 Å². The highest BCUT2D eigenvalue weighted by molar-refractivity contribution is 5.96. The number of nitrogens with zero attached hydrogens (tertiary/aromatic N) is 3. The Bertz CT molecular complexity index is 578. The van der Waals surface area contributed by atoms with Crippen LogP contribution in [0.3, 0.4) is 0 Å². The van der Waals surface area contributed by atoms with Gasteiger partial charge in [0.25, 0.3) is 5.91 Å². The van der Waals surface area contributed by atoms with Gasteiger partial charge >= 0.3 is 0 Å². The summed E-state index contributed by atoms with van der Waals surface area (Å²) in [5.41, 5.74) is 1.38. The van der Waals surface area contributed by atoms with Gasteiger partial charge in [-0.1, -0.05) is 0 Å². The third kappa shape index (κ3) is 2.99. The van der Waals surface area contributed by atoms with Crippen molar-refractivity contribution >= 4 is 11.8 Å². The highest BCUT2D eigenvalue weighted by atomic mass is 16.2. The molecule has 1 saturated carbocycles. The first-order valence-electron chi connectivity index (χ1n) is 7.96. The molecule has 1 aliphatic heterocycles. The van der Waals surface area contributed by atoms with Gasteiger partial charge in [-0.3, -0.25) is 14.3 Å². The second-order valence-corrected chi connectivity index (χ2v) is 5.99. The van der Waals surface area contributed by atoms with Crippen LogP contribution in [0.5, 0.6) is 0 Å². The first-order valence-corrected chi connectivity index (χ1v) is 7.96. The molecule has 7 nitrogen and oxygen atoms in total. The van der Waals surface area contributed by atoms with Gasteiger partial charge < -0.3 is 15.5 Å². The second-order valence-electron chi connectivity index (χ2n) is 5.99. The zero-order chi connectivity index (χ0) is 15.7. The molecule has 0 unspecified atom stereocenters. The molecule has 2 N–H and O–H groups in total. The molecule has 2 heterocycles. The average molecular weight is 305 g/mol. The van der Waals surface area contributed by atoms with Crippen LogP contribution >= 0.6 is 0 Å². The number of amides is 2. The summed E-state index contributed by atoms with van der Waals surface area (Å²) in [6.45, 7) is 6.38. The lowest BCUT2D eigenvalue weighted by Gasteiger charge is -2.34. The lowest BCUT2D eigenvalue weighted by atomic mass is 10.1. The third-order valence-corrected chi connectivity index (χ3v) is 4.23. The zero-order valence-corrected chi connectivity index (χ0v) is 13.1. The van der Waals surface area contributed by atoms with Crippen LogP contribution in [-0.4, -0.2) is 58.2 Å². The molecule has 2 aliphatic rings. The van der Waals surface area contributed by atoms with Crippen LogP contribution in [0.15, 0.2) is 6.07 Å². The number of aromatic nitrogens is 2. The molecular weight excluding hydrogens is 282 g/mol. The maximum atomic E-state index is 12.7. The minimum Gasteiger partial charge on any atom is -0.352 e. The molecule has 1 saturated heterocycles. The van der Waals surface area contributed by atoms with E-state index in [1.54, 1.807) is 15.6 Å². The van der Waals surface area contributed by atoms with Gasteiger partial charge in [-0.2, -0.15) is 5.10 Å². The number of carbonyl (C=O) groups excluding carboxylic acids is 2. The number of piperazine rings is 1. The van der Waals surface area contributed by atoms with Gasteiger partial charge in [-0.05, 0) is 32.8 Å². The third-order valence-electron chi connectivity index (χ3n) is 4.23. The molecule has 1 aliphatic carbocycles. The first-order chi connectivity index (χ1) is 10.6. The monoisotopic (exact) mass is 305 g/mol. The van der Waals surface area contributed by atoms with Crippen molar-refractivity contribution in [2.24, 2.45) is 0 Å². The number of rotatable bonds is 4. The van der Waals surface area contributed by atoms with Gasteiger partial charge in [0, 0.05) is 37.9 Å². The first kappa shape index (κ1) is 15.0. The predicted molar refractivity (Wildman–Crippen MR) is 81.5 cm³/mol. The van der Waals surface area contributed by atoms with Crippen LogP contribution in [0.4, 0.5) is 0 Å². The molecule has 1 aromatic rings. The van der Waals surface area contributed by atoms with Gasteiger partial charge in [0.05, 0.1) is 0 Å². The maximum absolute atomic E-state index is 12.7. The van der Waals surface area contributed by atoms with Crippen molar-refractivity contribution in [1.82, 2.24) is 25.3 Å². The van der Waals surface area contributed by atoms with E-state index in [0.29, 0.717) is 31.4 Å². The summed E-state index contributed by atoms with van der Waals surface area (Å²) in [6, 6.07) is 1.64. The number of hydrogen-bond acceptors (Lipinski definition) is 4. The van der Waals surface area contributed by atoms with Crippen molar-refractivity contribution in [3.05, 3.63) is 17.5 Å². The summed E-state index contributed by atoms with van der Waals surface area (Å²) in [6.07, 6.45) is 2.08. The molecule has 3 rings (SSSR count). The Morgan fingerprint density at radius 3 is 2.86 bits per heavy atom. The zero-order valence-electron chi connectivity index (χ0n) is 13.1. The predicted octanol–water partition coefficient (Wildman–Crippen LogP) is -0.0960. The summed E-state index contributed by atoms with van der Waals surface area (Å²) in [5, 5.41) is 10.5. The number of aryl methyl sites for hydroxylation is 2. The Hall–Kier alpha value is -1.89. The molecule has 0 bridgehead atoms. The van der Waals surface area contributed by atoms with E-state index < -0.39 is 6.04 Å². The van der Waals surface area contributed by atoms with E-state index in [9.17, 15) is 9.59 Å². The van der Waals surface area contributed by atoms with Crippen molar-refractivity contribution in [2.75, 3.05) is 19.6 Å². The minimum atomic E-state index is -0.450.